The normalized spacial score (nSPS) is 26.2. The summed E-state index contributed by atoms with van der Waals surface area (Å²) >= 11 is 0. The van der Waals surface area contributed by atoms with E-state index in [1.54, 1.807) is 18.3 Å². The minimum atomic E-state index is 0.169. The number of hydrogen-bond acceptors (Lipinski definition) is 4. The lowest BCUT2D eigenvalue weighted by Gasteiger charge is -2.45. The van der Waals surface area contributed by atoms with E-state index in [2.05, 4.69) is 42.3 Å². The van der Waals surface area contributed by atoms with Gasteiger partial charge < -0.3 is 10.2 Å². The van der Waals surface area contributed by atoms with Crippen LogP contribution in [0.3, 0.4) is 0 Å². The van der Waals surface area contributed by atoms with E-state index in [4.69, 9.17) is 5.26 Å². The van der Waals surface area contributed by atoms with Crippen molar-refractivity contribution in [3.8, 4) is 6.07 Å². The first kappa shape index (κ1) is 14.8. The molecular formula is C16H24N4. The second-order valence-electron chi connectivity index (χ2n) is 6.19. The van der Waals surface area contributed by atoms with Crippen LogP contribution in [0.2, 0.25) is 0 Å². The molecule has 0 amide bonds. The van der Waals surface area contributed by atoms with Crippen LogP contribution in [-0.4, -0.2) is 36.1 Å². The number of likely N-dealkylation sites (N-methyl/N-ethyl adjacent to an activating group) is 1. The third kappa shape index (κ3) is 3.10. The number of nitrogens with zero attached hydrogens (tertiary/aromatic N) is 3. The first-order chi connectivity index (χ1) is 9.57. The Labute approximate surface area is 121 Å². The van der Waals surface area contributed by atoms with E-state index < -0.39 is 0 Å². The van der Waals surface area contributed by atoms with Crippen LogP contribution in [0.5, 0.6) is 0 Å². The first-order valence-electron chi connectivity index (χ1n) is 7.34. The Balaban J connectivity index is 2.12. The third-order valence-electron chi connectivity index (χ3n) is 4.53. The van der Waals surface area contributed by atoms with Gasteiger partial charge in [-0.05, 0) is 45.0 Å². The van der Waals surface area contributed by atoms with Gasteiger partial charge in [-0.3, -0.25) is 0 Å². The van der Waals surface area contributed by atoms with Gasteiger partial charge in [-0.15, -0.1) is 0 Å². The van der Waals surface area contributed by atoms with Gasteiger partial charge in [0, 0.05) is 18.3 Å². The number of hydrogen-bond donors (Lipinski definition) is 1. The molecule has 1 aromatic heterocycles. The van der Waals surface area contributed by atoms with E-state index in [9.17, 15) is 0 Å². The lowest BCUT2D eigenvalue weighted by Crippen LogP contribution is -2.52. The highest BCUT2D eigenvalue weighted by Gasteiger charge is 2.36. The summed E-state index contributed by atoms with van der Waals surface area (Å²) in [5.41, 5.74) is 0.785. The molecule has 4 nitrogen and oxygen atoms in total. The van der Waals surface area contributed by atoms with Gasteiger partial charge in [0.25, 0.3) is 0 Å². The summed E-state index contributed by atoms with van der Waals surface area (Å²) in [4.78, 5) is 6.63. The van der Waals surface area contributed by atoms with Gasteiger partial charge in [0.05, 0.1) is 5.56 Å². The Morgan fingerprint density at radius 2 is 2.35 bits per heavy atom. The highest BCUT2D eigenvalue weighted by atomic mass is 15.2. The minimum Gasteiger partial charge on any atom is -0.367 e. The number of aromatic nitrogens is 1. The molecule has 20 heavy (non-hydrogen) atoms. The molecule has 1 fully saturated rings. The summed E-state index contributed by atoms with van der Waals surface area (Å²) in [5, 5.41) is 12.5. The van der Waals surface area contributed by atoms with Crippen molar-refractivity contribution in [2.45, 2.75) is 38.1 Å². The molecule has 1 heterocycles. The Hall–Kier alpha value is -1.60. The Kier molecular flexibility index (Phi) is 4.61. The summed E-state index contributed by atoms with van der Waals surface area (Å²) in [6.45, 7) is 3.18. The zero-order valence-electron chi connectivity index (χ0n) is 12.7. The van der Waals surface area contributed by atoms with Crippen LogP contribution in [0.15, 0.2) is 18.3 Å². The average Bonchev–Trinajstić information content (AvgIpc) is 2.45. The van der Waals surface area contributed by atoms with Crippen LogP contribution in [-0.2, 0) is 0 Å². The maximum absolute atomic E-state index is 9.13. The predicted molar refractivity (Wildman–Crippen MR) is 81.5 cm³/mol. The van der Waals surface area contributed by atoms with Crippen LogP contribution < -0.4 is 5.32 Å². The quantitative estimate of drug-likeness (QED) is 0.915. The molecule has 1 aliphatic rings. The van der Waals surface area contributed by atoms with E-state index in [0.29, 0.717) is 11.4 Å². The first-order valence-corrected chi connectivity index (χ1v) is 7.34. The van der Waals surface area contributed by atoms with Crippen molar-refractivity contribution in [3.05, 3.63) is 23.9 Å². The largest absolute Gasteiger partial charge is 0.367 e. The van der Waals surface area contributed by atoms with Crippen molar-refractivity contribution in [2.24, 2.45) is 5.92 Å². The van der Waals surface area contributed by atoms with Gasteiger partial charge in [0.15, 0.2) is 0 Å². The summed E-state index contributed by atoms with van der Waals surface area (Å²) < 4.78 is 0. The van der Waals surface area contributed by atoms with Gasteiger partial charge in [0.2, 0.25) is 0 Å². The van der Waals surface area contributed by atoms with Crippen LogP contribution in [0.1, 0.15) is 38.2 Å². The highest BCUT2D eigenvalue weighted by molar-refractivity contribution is 5.51. The molecule has 0 aromatic carbocycles. The zero-order valence-corrected chi connectivity index (χ0v) is 12.7. The number of rotatable bonds is 4. The van der Waals surface area contributed by atoms with Crippen molar-refractivity contribution in [1.29, 1.82) is 5.26 Å². The molecule has 0 radical (unpaired) electrons. The SMILES string of the molecule is CC1CCCC(CNc2ncccc2C#N)(N(C)C)C1. The van der Waals surface area contributed by atoms with Gasteiger partial charge >= 0.3 is 0 Å². The fraction of sp³-hybridized carbons (Fsp3) is 0.625. The molecule has 2 rings (SSSR count). The number of anilines is 1. The fourth-order valence-electron chi connectivity index (χ4n) is 3.24. The molecule has 1 aliphatic carbocycles. The molecule has 0 bridgehead atoms. The molecule has 0 aliphatic heterocycles. The van der Waals surface area contributed by atoms with Crippen molar-refractivity contribution < 1.29 is 0 Å². The van der Waals surface area contributed by atoms with E-state index in [-0.39, 0.29) is 5.54 Å². The van der Waals surface area contributed by atoms with E-state index >= 15 is 0 Å². The van der Waals surface area contributed by atoms with Gasteiger partial charge in [-0.2, -0.15) is 5.26 Å². The maximum atomic E-state index is 9.13. The van der Waals surface area contributed by atoms with Crippen molar-refractivity contribution in [2.75, 3.05) is 26.0 Å². The third-order valence-corrected chi connectivity index (χ3v) is 4.53. The van der Waals surface area contributed by atoms with Crippen molar-refractivity contribution in [3.63, 3.8) is 0 Å². The Morgan fingerprint density at radius 1 is 1.55 bits per heavy atom. The van der Waals surface area contributed by atoms with Gasteiger partial charge in [-0.25, -0.2) is 4.98 Å². The molecule has 0 saturated heterocycles. The van der Waals surface area contributed by atoms with E-state index in [0.717, 1.165) is 12.5 Å². The zero-order chi connectivity index (χ0) is 14.6. The summed E-state index contributed by atoms with van der Waals surface area (Å²) in [6.07, 6.45) is 6.72. The van der Waals surface area contributed by atoms with Crippen LogP contribution in [0, 0.1) is 17.2 Å². The van der Waals surface area contributed by atoms with Crippen LogP contribution in [0.25, 0.3) is 0 Å². The number of nitriles is 1. The molecule has 108 valence electrons. The number of pyridine rings is 1. The molecule has 1 saturated carbocycles. The highest BCUT2D eigenvalue weighted by Crippen LogP contribution is 2.35. The summed E-state index contributed by atoms with van der Waals surface area (Å²) in [6, 6.07) is 5.80. The van der Waals surface area contributed by atoms with Crippen LogP contribution in [0.4, 0.5) is 5.82 Å². The molecule has 0 spiro atoms. The van der Waals surface area contributed by atoms with Gasteiger partial charge in [-0.1, -0.05) is 19.8 Å². The Morgan fingerprint density at radius 3 is 3.00 bits per heavy atom. The summed E-state index contributed by atoms with van der Waals surface area (Å²) in [7, 11) is 4.31. The number of nitrogens with one attached hydrogen (secondary N) is 1. The lowest BCUT2D eigenvalue weighted by molar-refractivity contribution is 0.0881. The average molecular weight is 272 g/mol. The predicted octanol–water partition coefficient (Wildman–Crippen LogP) is 2.88. The topological polar surface area (TPSA) is 52.0 Å². The fourth-order valence-corrected chi connectivity index (χ4v) is 3.24. The maximum Gasteiger partial charge on any atom is 0.143 e. The monoisotopic (exact) mass is 272 g/mol. The molecule has 4 heteroatoms. The second-order valence-corrected chi connectivity index (χ2v) is 6.19. The molecule has 1 aromatic rings. The Bertz CT molecular complexity index is 491. The summed E-state index contributed by atoms with van der Waals surface area (Å²) in [5.74, 6) is 1.46. The lowest BCUT2D eigenvalue weighted by atomic mass is 9.75. The van der Waals surface area contributed by atoms with E-state index in [1.165, 1.54) is 25.7 Å². The molecule has 2 atom stereocenters. The van der Waals surface area contributed by atoms with Crippen molar-refractivity contribution >= 4 is 5.82 Å². The second kappa shape index (κ2) is 6.23. The minimum absolute atomic E-state index is 0.169. The smallest absolute Gasteiger partial charge is 0.143 e. The van der Waals surface area contributed by atoms with Crippen LogP contribution >= 0.6 is 0 Å². The van der Waals surface area contributed by atoms with Crippen molar-refractivity contribution in [1.82, 2.24) is 9.88 Å². The molecular weight excluding hydrogens is 248 g/mol. The van der Waals surface area contributed by atoms with Gasteiger partial charge in [0.1, 0.15) is 11.9 Å². The molecule has 1 N–H and O–H groups in total. The van der Waals surface area contributed by atoms with E-state index in [1.807, 2.05) is 0 Å². The molecule has 2 unspecified atom stereocenters. The standard InChI is InChI=1S/C16H24N4/c1-13-6-4-8-16(10-13,20(2)3)12-19-15-14(11-17)7-5-9-18-15/h5,7,9,13H,4,6,8,10,12H2,1-3H3,(H,18,19).